The number of nitrogens with one attached hydrogen (secondary N) is 1. The molecule has 1 unspecified atom stereocenters. The lowest BCUT2D eigenvalue weighted by Crippen LogP contribution is -2.51. The third-order valence-corrected chi connectivity index (χ3v) is 5.78. The first-order chi connectivity index (χ1) is 15.3. The average molecular weight is 408 g/mol. The van der Waals surface area contributed by atoms with Gasteiger partial charge in [0.15, 0.2) is 0 Å². The van der Waals surface area contributed by atoms with E-state index < -0.39 is 0 Å². The van der Waals surface area contributed by atoms with Crippen LogP contribution in [0.15, 0.2) is 61.1 Å². The van der Waals surface area contributed by atoms with Crippen molar-refractivity contribution in [2.24, 2.45) is 0 Å². The molecule has 6 rings (SSSR count). The van der Waals surface area contributed by atoms with E-state index in [1.165, 1.54) is 0 Å². The molecule has 2 aliphatic heterocycles. The van der Waals surface area contributed by atoms with Crippen LogP contribution in [0.4, 0.5) is 5.69 Å². The summed E-state index contributed by atoms with van der Waals surface area (Å²) in [6, 6.07) is 14.5. The van der Waals surface area contributed by atoms with Gasteiger partial charge < -0.3 is 19.4 Å². The summed E-state index contributed by atoms with van der Waals surface area (Å²) in [6.45, 7) is 3.03. The molecule has 1 atom stereocenters. The van der Waals surface area contributed by atoms with Gasteiger partial charge in [-0.1, -0.05) is 18.1 Å². The predicted octanol–water partition coefficient (Wildman–Crippen LogP) is 3.62. The van der Waals surface area contributed by atoms with Gasteiger partial charge in [0.2, 0.25) is 0 Å². The number of hydrogen-bond acceptors (Lipinski definition) is 5. The molecule has 0 spiro atoms. The van der Waals surface area contributed by atoms with Crippen LogP contribution < -0.4 is 9.64 Å². The topological polar surface area (TPSA) is 63.3 Å². The van der Waals surface area contributed by atoms with Crippen molar-refractivity contribution in [3.05, 3.63) is 72.3 Å². The van der Waals surface area contributed by atoms with Gasteiger partial charge in [-0.15, -0.1) is 0 Å². The van der Waals surface area contributed by atoms with Gasteiger partial charge in [0.05, 0.1) is 30.5 Å². The zero-order chi connectivity index (χ0) is 20.6. The Morgan fingerprint density at radius 1 is 1.03 bits per heavy atom. The number of hydrogen-bond donors (Lipinski definition) is 1. The number of anilines is 1. The fourth-order valence-electron chi connectivity index (χ4n) is 4.18. The van der Waals surface area contributed by atoms with Gasteiger partial charge in [0, 0.05) is 36.1 Å². The number of pyridine rings is 2. The van der Waals surface area contributed by atoms with Crippen molar-refractivity contribution in [1.29, 1.82) is 0 Å². The minimum atomic E-state index is 0.296. The summed E-state index contributed by atoms with van der Waals surface area (Å²) in [6.07, 6.45) is 5.53. The quantitative estimate of drug-likeness (QED) is 0.488. The number of nitrogens with zero attached hydrogens (tertiary/aromatic N) is 3. The highest BCUT2D eigenvalue weighted by Crippen LogP contribution is 2.38. The summed E-state index contributed by atoms with van der Waals surface area (Å²) < 4.78 is 11.7. The maximum absolute atomic E-state index is 6.06. The van der Waals surface area contributed by atoms with Crippen LogP contribution in [0.2, 0.25) is 0 Å². The first-order valence-electron chi connectivity index (χ1n) is 10.4. The van der Waals surface area contributed by atoms with Crippen molar-refractivity contribution < 1.29 is 9.47 Å². The van der Waals surface area contributed by atoms with Gasteiger partial charge in [0.25, 0.3) is 0 Å². The average Bonchev–Trinajstić information content (AvgIpc) is 3.25. The van der Waals surface area contributed by atoms with Gasteiger partial charge in [-0.2, -0.15) is 0 Å². The van der Waals surface area contributed by atoms with E-state index in [9.17, 15) is 0 Å². The smallest absolute Gasteiger partial charge is 0.143 e. The normalized spacial score (nSPS) is 17.3. The number of rotatable bonds is 1. The Bertz CT molecular complexity index is 1320. The Kier molecular flexibility index (Phi) is 4.33. The minimum absolute atomic E-state index is 0.296. The molecule has 5 heterocycles. The molecule has 1 fully saturated rings. The zero-order valence-electron chi connectivity index (χ0n) is 16.8. The van der Waals surface area contributed by atoms with Crippen LogP contribution >= 0.6 is 0 Å². The van der Waals surface area contributed by atoms with E-state index in [2.05, 4.69) is 56.0 Å². The second-order valence-electron chi connectivity index (χ2n) is 7.70. The molecule has 6 nitrogen and oxygen atoms in total. The van der Waals surface area contributed by atoms with Crippen molar-refractivity contribution in [3.63, 3.8) is 0 Å². The van der Waals surface area contributed by atoms with Gasteiger partial charge >= 0.3 is 0 Å². The lowest BCUT2D eigenvalue weighted by molar-refractivity contribution is 0.0705. The number of H-pyrrole nitrogens is 1. The number of benzene rings is 1. The van der Waals surface area contributed by atoms with E-state index in [0.717, 1.165) is 64.6 Å². The molecule has 1 aromatic carbocycles. The van der Waals surface area contributed by atoms with E-state index in [0.29, 0.717) is 12.6 Å². The van der Waals surface area contributed by atoms with Gasteiger partial charge in [0.1, 0.15) is 23.7 Å². The summed E-state index contributed by atoms with van der Waals surface area (Å²) >= 11 is 0. The van der Waals surface area contributed by atoms with Crippen molar-refractivity contribution in [2.75, 3.05) is 31.3 Å². The van der Waals surface area contributed by atoms with Crippen molar-refractivity contribution in [1.82, 2.24) is 15.0 Å². The molecule has 152 valence electrons. The van der Waals surface area contributed by atoms with E-state index in [4.69, 9.17) is 9.47 Å². The Balaban J connectivity index is 1.36. The van der Waals surface area contributed by atoms with Crippen LogP contribution in [-0.2, 0) is 4.74 Å². The minimum Gasteiger partial charge on any atom is -0.489 e. The van der Waals surface area contributed by atoms with E-state index in [1.54, 1.807) is 6.20 Å². The Hall–Kier alpha value is -3.82. The molecule has 6 heteroatoms. The number of fused-ring (bicyclic) bond motifs is 4. The van der Waals surface area contributed by atoms with E-state index >= 15 is 0 Å². The number of aromatic amines is 1. The molecule has 1 saturated heterocycles. The maximum Gasteiger partial charge on any atom is 0.143 e. The Labute approximate surface area is 179 Å². The van der Waals surface area contributed by atoms with Crippen molar-refractivity contribution in [2.45, 2.75) is 6.04 Å². The number of ether oxygens (including phenoxy) is 2. The van der Waals surface area contributed by atoms with Crippen LogP contribution in [0, 0.1) is 11.8 Å². The summed E-state index contributed by atoms with van der Waals surface area (Å²) in [5.74, 6) is 7.25. The van der Waals surface area contributed by atoms with E-state index in [1.807, 2.05) is 30.6 Å². The molecular weight excluding hydrogens is 388 g/mol. The largest absolute Gasteiger partial charge is 0.489 e. The van der Waals surface area contributed by atoms with Crippen LogP contribution in [-0.4, -0.2) is 47.4 Å². The molecule has 31 heavy (non-hydrogen) atoms. The van der Waals surface area contributed by atoms with Crippen LogP contribution in [0.3, 0.4) is 0 Å². The van der Waals surface area contributed by atoms with E-state index in [-0.39, 0.29) is 0 Å². The third kappa shape index (κ3) is 3.29. The van der Waals surface area contributed by atoms with Crippen LogP contribution in [0.25, 0.3) is 22.2 Å². The second kappa shape index (κ2) is 7.46. The first-order valence-corrected chi connectivity index (χ1v) is 10.4. The van der Waals surface area contributed by atoms with Crippen molar-refractivity contribution in [3.8, 4) is 28.7 Å². The monoisotopic (exact) mass is 408 g/mol. The predicted molar refractivity (Wildman–Crippen MR) is 119 cm³/mol. The lowest BCUT2D eigenvalue weighted by Gasteiger charge is -2.41. The Morgan fingerprint density at radius 2 is 2.03 bits per heavy atom. The molecule has 0 aliphatic carbocycles. The standard InChI is InChI=1S/C25H20N4O2/c1-2-8-26-20(3-1)6-4-18-13-27-25-22(18)11-19(14-28-25)17-5-7-23-24(12-17)31-16-21-15-30-10-9-29(21)23/h1-3,5,7-8,11-14,21H,9-10,15-16H2,(H,27,28). The van der Waals surface area contributed by atoms with Gasteiger partial charge in [-0.3, -0.25) is 0 Å². The Morgan fingerprint density at radius 3 is 2.97 bits per heavy atom. The van der Waals surface area contributed by atoms with Crippen LogP contribution in [0.5, 0.6) is 5.75 Å². The molecule has 0 amide bonds. The second-order valence-corrected chi connectivity index (χ2v) is 7.70. The number of aromatic nitrogens is 3. The van der Waals surface area contributed by atoms with Crippen molar-refractivity contribution >= 4 is 16.7 Å². The summed E-state index contributed by atoms with van der Waals surface area (Å²) in [5, 5.41) is 0.993. The van der Waals surface area contributed by atoms with Crippen LogP contribution in [0.1, 0.15) is 11.3 Å². The summed E-state index contributed by atoms with van der Waals surface area (Å²) in [5.41, 5.74) is 5.71. The highest BCUT2D eigenvalue weighted by molar-refractivity contribution is 5.87. The van der Waals surface area contributed by atoms with Gasteiger partial charge in [-0.25, -0.2) is 9.97 Å². The SMILES string of the molecule is C(#Cc1c[nH]c2ncc(-c3ccc4c(c3)OCC3COCCN43)cc12)c1ccccn1. The fourth-order valence-corrected chi connectivity index (χ4v) is 4.18. The molecule has 1 N–H and O–H groups in total. The molecule has 0 saturated carbocycles. The van der Waals surface area contributed by atoms with Gasteiger partial charge in [-0.05, 0) is 41.8 Å². The molecule has 2 aliphatic rings. The summed E-state index contributed by atoms with van der Waals surface area (Å²) in [7, 11) is 0. The zero-order valence-corrected chi connectivity index (χ0v) is 16.8. The molecule has 0 radical (unpaired) electrons. The maximum atomic E-state index is 6.06. The lowest BCUT2D eigenvalue weighted by atomic mass is 10.0. The highest BCUT2D eigenvalue weighted by atomic mass is 16.5. The number of morpholine rings is 1. The molecular formula is C25H20N4O2. The third-order valence-electron chi connectivity index (χ3n) is 5.78. The fraction of sp³-hybridized carbons (Fsp3) is 0.200. The molecule has 3 aromatic heterocycles. The highest BCUT2D eigenvalue weighted by Gasteiger charge is 2.30. The summed E-state index contributed by atoms with van der Waals surface area (Å²) in [4.78, 5) is 14.5. The molecule has 0 bridgehead atoms. The first kappa shape index (κ1) is 18.0. The molecule has 4 aromatic rings.